The maximum absolute atomic E-state index is 12.0. The average molecular weight is 297 g/mol. The molecule has 2 rings (SSSR count). The number of amides is 1. The molecule has 108 valence electrons. The molecule has 0 aromatic carbocycles. The summed E-state index contributed by atoms with van der Waals surface area (Å²) in [6.45, 7) is 1.69. The number of carbonyl (C=O) groups excluding carboxylic acids is 1. The van der Waals surface area contributed by atoms with Crippen molar-refractivity contribution >= 4 is 27.5 Å². The molecule has 1 atom stereocenters. The first-order valence-electron chi connectivity index (χ1n) is 5.98. The van der Waals surface area contributed by atoms with Gasteiger partial charge in [0.2, 0.25) is 0 Å². The number of hydrogen-bond donors (Lipinski definition) is 2. The van der Waals surface area contributed by atoms with Crippen molar-refractivity contribution in [2.75, 3.05) is 6.54 Å². The van der Waals surface area contributed by atoms with E-state index in [0.717, 1.165) is 15.9 Å². The van der Waals surface area contributed by atoms with E-state index in [1.165, 1.54) is 17.7 Å². The lowest BCUT2D eigenvalue weighted by Gasteiger charge is -2.04. The molecule has 1 amide bonds. The summed E-state index contributed by atoms with van der Waals surface area (Å²) in [6, 6.07) is 1.47. The van der Waals surface area contributed by atoms with Crippen LogP contribution < -0.4 is 16.6 Å². The molecule has 0 spiro atoms. The van der Waals surface area contributed by atoms with Gasteiger partial charge in [0, 0.05) is 20.6 Å². The number of aliphatic hydroxyl groups excluding tert-OH is 1. The highest BCUT2D eigenvalue weighted by Crippen LogP contribution is 2.21. The second kappa shape index (κ2) is 5.22. The Kier molecular flexibility index (Phi) is 3.78. The number of carbonyl (C=O) groups is 1. The molecule has 0 saturated heterocycles. The molecule has 0 aliphatic carbocycles. The van der Waals surface area contributed by atoms with Crippen molar-refractivity contribution in [1.29, 1.82) is 0 Å². The molecular weight excluding hydrogens is 282 g/mol. The van der Waals surface area contributed by atoms with Gasteiger partial charge in [-0.3, -0.25) is 18.7 Å². The second-order valence-electron chi connectivity index (χ2n) is 4.59. The lowest BCUT2D eigenvalue weighted by Crippen LogP contribution is -2.36. The van der Waals surface area contributed by atoms with Gasteiger partial charge in [-0.05, 0) is 13.0 Å². The predicted molar refractivity (Wildman–Crippen MR) is 76.3 cm³/mol. The summed E-state index contributed by atoms with van der Waals surface area (Å²) in [5.74, 6) is -0.374. The molecule has 8 heteroatoms. The molecule has 0 unspecified atom stereocenters. The zero-order valence-corrected chi connectivity index (χ0v) is 12.2. The van der Waals surface area contributed by atoms with Gasteiger partial charge in [0.05, 0.1) is 16.4 Å². The van der Waals surface area contributed by atoms with Crippen molar-refractivity contribution in [2.24, 2.45) is 14.1 Å². The largest absolute Gasteiger partial charge is 0.392 e. The molecule has 0 bridgehead atoms. The maximum atomic E-state index is 12.0. The van der Waals surface area contributed by atoms with E-state index in [9.17, 15) is 14.4 Å². The van der Waals surface area contributed by atoms with Crippen LogP contribution in [0.1, 0.15) is 16.6 Å². The quantitative estimate of drug-likeness (QED) is 0.792. The molecule has 20 heavy (non-hydrogen) atoms. The fourth-order valence-electron chi connectivity index (χ4n) is 1.80. The zero-order valence-electron chi connectivity index (χ0n) is 11.3. The first kappa shape index (κ1) is 14.5. The Bertz CT molecular complexity index is 784. The monoisotopic (exact) mass is 297 g/mol. The summed E-state index contributed by atoms with van der Waals surface area (Å²) in [5.41, 5.74) is -0.853. The predicted octanol–water partition coefficient (Wildman–Crippen LogP) is -0.591. The van der Waals surface area contributed by atoms with E-state index in [4.69, 9.17) is 5.11 Å². The van der Waals surface area contributed by atoms with Gasteiger partial charge >= 0.3 is 5.69 Å². The normalized spacial score (nSPS) is 12.6. The minimum atomic E-state index is -0.648. The number of rotatable bonds is 3. The number of aliphatic hydroxyl groups is 1. The number of thiophene rings is 1. The minimum absolute atomic E-state index is 0.129. The third-order valence-electron chi connectivity index (χ3n) is 2.91. The van der Waals surface area contributed by atoms with E-state index < -0.39 is 17.4 Å². The van der Waals surface area contributed by atoms with Crippen molar-refractivity contribution < 1.29 is 9.90 Å². The Labute approximate surface area is 118 Å². The third-order valence-corrected chi connectivity index (χ3v) is 4.12. The van der Waals surface area contributed by atoms with E-state index in [2.05, 4.69) is 5.32 Å². The third kappa shape index (κ3) is 2.39. The SMILES string of the molecule is C[C@@H](O)CNC(=O)c1cc2c(=O)n(C)c(=O)n(C)c2s1. The average Bonchev–Trinajstić information content (AvgIpc) is 2.85. The Morgan fingerprint density at radius 2 is 2.05 bits per heavy atom. The number of fused-ring (bicyclic) bond motifs is 1. The van der Waals surface area contributed by atoms with Crippen LogP contribution >= 0.6 is 11.3 Å². The van der Waals surface area contributed by atoms with Crippen LogP contribution in [0.15, 0.2) is 15.7 Å². The Morgan fingerprint density at radius 3 is 2.65 bits per heavy atom. The Balaban J connectivity index is 2.52. The molecule has 2 heterocycles. The molecule has 0 fully saturated rings. The molecule has 0 radical (unpaired) electrons. The molecule has 2 N–H and O–H groups in total. The van der Waals surface area contributed by atoms with E-state index in [-0.39, 0.29) is 12.5 Å². The van der Waals surface area contributed by atoms with Crippen LogP contribution in [0.3, 0.4) is 0 Å². The highest BCUT2D eigenvalue weighted by molar-refractivity contribution is 7.20. The number of nitrogens with one attached hydrogen (secondary N) is 1. The molecule has 0 aliphatic rings. The molecule has 0 saturated carbocycles. The Morgan fingerprint density at radius 1 is 1.40 bits per heavy atom. The maximum Gasteiger partial charge on any atom is 0.331 e. The van der Waals surface area contributed by atoms with Gasteiger partial charge in [0.25, 0.3) is 11.5 Å². The lowest BCUT2D eigenvalue weighted by molar-refractivity contribution is 0.0928. The van der Waals surface area contributed by atoms with Gasteiger partial charge in [-0.1, -0.05) is 0 Å². The van der Waals surface area contributed by atoms with Gasteiger partial charge in [0.1, 0.15) is 4.83 Å². The highest BCUT2D eigenvalue weighted by atomic mass is 32.1. The van der Waals surface area contributed by atoms with Crippen molar-refractivity contribution in [3.8, 4) is 0 Å². The zero-order chi connectivity index (χ0) is 15.0. The lowest BCUT2D eigenvalue weighted by atomic mass is 10.3. The molecular formula is C12H15N3O4S. The van der Waals surface area contributed by atoms with E-state index in [0.29, 0.717) is 15.1 Å². The van der Waals surface area contributed by atoms with Gasteiger partial charge in [-0.15, -0.1) is 11.3 Å². The minimum Gasteiger partial charge on any atom is -0.392 e. The van der Waals surface area contributed by atoms with Crippen LogP contribution in [0.25, 0.3) is 10.2 Å². The van der Waals surface area contributed by atoms with Gasteiger partial charge < -0.3 is 10.4 Å². The highest BCUT2D eigenvalue weighted by Gasteiger charge is 2.16. The van der Waals surface area contributed by atoms with Gasteiger partial charge in [0.15, 0.2) is 0 Å². The standard InChI is InChI=1S/C12H15N3O4S/c1-6(16)5-13-9(17)8-4-7-10(18)14(2)12(19)15(3)11(7)20-8/h4,6,16H,5H2,1-3H3,(H,13,17)/t6-/m1/s1. The van der Waals surface area contributed by atoms with Crippen LogP contribution in [0.2, 0.25) is 0 Å². The molecule has 2 aromatic rings. The first-order chi connectivity index (χ1) is 9.32. The fraction of sp³-hybridized carbons (Fsp3) is 0.417. The molecule has 0 aliphatic heterocycles. The number of hydrogen-bond acceptors (Lipinski definition) is 5. The van der Waals surface area contributed by atoms with E-state index in [1.807, 2.05) is 0 Å². The van der Waals surface area contributed by atoms with Crippen molar-refractivity contribution in [1.82, 2.24) is 14.5 Å². The topological polar surface area (TPSA) is 93.3 Å². The summed E-state index contributed by atoms with van der Waals surface area (Å²) in [5, 5.41) is 12.0. The van der Waals surface area contributed by atoms with Crippen LogP contribution in [0, 0.1) is 0 Å². The first-order valence-corrected chi connectivity index (χ1v) is 6.80. The van der Waals surface area contributed by atoms with Crippen molar-refractivity contribution in [2.45, 2.75) is 13.0 Å². The smallest absolute Gasteiger partial charge is 0.331 e. The number of nitrogens with zero attached hydrogens (tertiary/aromatic N) is 2. The van der Waals surface area contributed by atoms with E-state index >= 15 is 0 Å². The van der Waals surface area contributed by atoms with Gasteiger partial charge in [-0.25, -0.2) is 4.79 Å². The summed E-state index contributed by atoms with van der Waals surface area (Å²) in [4.78, 5) is 36.5. The van der Waals surface area contributed by atoms with Gasteiger partial charge in [-0.2, -0.15) is 0 Å². The Hall–Kier alpha value is -1.93. The summed E-state index contributed by atoms with van der Waals surface area (Å²) < 4.78 is 2.35. The van der Waals surface area contributed by atoms with Crippen LogP contribution in [0.5, 0.6) is 0 Å². The summed E-state index contributed by atoms with van der Waals surface area (Å²) >= 11 is 1.08. The summed E-state index contributed by atoms with van der Waals surface area (Å²) in [6.07, 6.45) is -0.648. The van der Waals surface area contributed by atoms with Crippen LogP contribution in [-0.4, -0.2) is 32.8 Å². The van der Waals surface area contributed by atoms with E-state index in [1.54, 1.807) is 14.0 Å². The van der Waals surface area contributed by atoms with Crippen molar-refractivity contribution in [3.05, 3.63) is 31.8 Å². The van der Waals surface area contributed by atoms with Crippen LogP contribution in [0.4, 0.5) is 0 Å². The second-order valence-corrected chi connectivity index (χ2v) is 5.62. The molecule has 7 nitrogen and oxygen atoms in total. The number of aryl methyl sites for hydroxylation is 1. The van der Waals surface area contributed by atoms with Crippen LogP contribution in [-0.2, 0) is 14.1 Å². The summed E-state index contributed by atoms with van der Waals surface area (Å²) in [7, 11) is 2.95. The number of aromatic nitrogens is 2. The fourth-order valence-corrected chi connectivity index (χ4v) is 2.82. The molecule has 2 aromatic heterocycles. The van der Waals surface area contributed by atoms with Crippen molar-refractivity contribution in [3.63, 3.8) is 0 Å².